The molecule has 0 saturated heterocycles. The quantitative estimate of drug-likeness (QED) is 0.804. The van der Waals surface area contributed by atoms with Crippen LogP contribution in [-0.2, 0) is 12.7 Å². The standard InChI is InChI=1S/C12H12F3N5/c13-12(14,15)8-3-1-2-7(4-8)6-18-10-5-9(16)19-11(17)20-10/h1-5H,6H2,(H5,16,17,18,19,20). The summed E-state index contributed by atoms with van der Waals surface area (Å²) in [6, 6.07) is 6.47. The lowest BCUT2D eigenvalue weighted by Gasteiger charge is -2.10. The number of nitrogens with one attached hydrogen (secondary N) is 1. The molecule has 0 saturated carbocycles. The molecule has 2 rings (SSSR count). The molecule has 5 nitrogen and oxygen atoms in total. The number of nitrogens with two attached hydrogens (primary N) is 2. The van der Waals surface area contributed by atoms with Gasteiger partial charge in [0.15, 0.2) is 0 Å². The maximum absolute atomic E-state index is 12.6. The van der Waals surface area contributed by atoms with Crippen LogP contribution in [0.25, 0.3) is 0 Å². The molecular formula is C12H12F3N5. The van der Waals surface area contributed by atoms with Crippen LogP contribution in [-0.4, -0.2) is 9.97 Å². The van der Waals surface area contributed by atoms with Gasteiger partial charge in [0.05, 0.1) is 5.56 Å². The number of rotatable bonds is 3. The molecule has 0 amide bonds. The smallest absolute Gasteiger partial charge is 0.383 e. The van der Waals surface area contributed by atoms with Crippen LogP contribution in [0.5, 0.6) is 0 Å². The molecule has 106 valence electrons. The molecule has 0 aliphatic rings. The van der Waals surface area contributed by atoms with Crippen molar-refractivity contribution in [2.75, 3.05) is 16.8 Å². The van der Waals surface area contributed by atoms with Gasteiger partial charge in [0.2, 0.25) is 5.95 Å². The molecule has 0 radical (unpaired) electrons. The van der Waals surface area contributed by atoms with Gasteiger partial charge in [0.25, 0.3) is 0 Å². The van der Waals surface area contributed by atoms with Gasteiger partial charge in [-0.1, -0.05) is 12.1 Å². The first-order valence-electron chi connectivity index (χ1n) is 5.64. The van der Waals surface area contributed by atoms with Crippen molar-refractivity contribution in [3.05, 3.63) is 41.5 Å². The van der Waals surface area contributed by atoms with Crippen molar-refractivity contribution < 1.29 is 13.2 Å². The van der Waals surface area contributed by atoms with E-state index in [0.29, 0.717) is 11.4 Å². The summed E-state index contributed by atoms with van der Waals surface area (Å²) in [5.74, 6) is 0.535. The Hall–Kier alpha value is -2.51. The first-order chi connectivity index (χ1) is 9.34. The highest BCUT2D eigenvalue weighted by atomic mass is 19.4. The Labute approximate surface area is 112 Å². The number of hydrogen-bond donors (Lipinski definition) is 3. The fraction of sp³-hybridized carbons (Fsp3) is 0.167. The molecule has 20 heavy (non-hydrogen) atoms. The van der Waals surface area contributed by atoms with Gasteiger partial charge >= 0.3 is 6.18 Å². The van der Waals surface area contributed by atoms with E-state index in [1.54, 1.807) is 6.07 Å². The van der Waals surface area contributed by atoms with Gasteiger partial charge in [-0.2, -0.15) is 23.1 Å². The Morgan fingerprint density at radius 3 is 2.50 bits per heavy atom. The SMILES string of the molecule is Nc1cc(NCc2cccc(C(F)(F)F)c2)nc(N)n1. The van der Waals surface area contributed by atoms with Crippen LogP contribution in [0, 0.1) is 0 Å². The van der Waals surface area contributed by atoms with Gasteiger partial charge in [-0.3, -0.25) is 0 Å². The third-order valence-corrected chi connectivity index (χ3v) is 2.49. The summed E-state index contributed by atoms with van der Waals surface area (Å²) in [4.78, 5) is 7.56. The third kappa shape index (κ3) is 3.50. The minimum Gasteiger partial charge on any atom is -0.383 e. The zero-order chi connectivity index (χ0) is 14.8. The van der Waals surface area contributed by atoms with Gasteiger partial charge in [0.1, 0.15) is 11.6 Å². The van der Waals surface area contributed by atoms with E-state index in [1.807, 2.05) is 0 Å². The van der Waals surface area contributed by atoms with E-state index in [4.69, 9.17) is 11.5 Å². The number of nitrogen functional groups attached to an aromatic ring is 2. The van der Waals surface area contributed by atoms with Crippen LogP contribution in [0.15, 0.2) is 30.3 Å². The number of alkyl halides is 3. The maximum atomic E-state index is 12.6. The van der Waals surface area contributed by atoms with E-state index in [1.165, 1.54) is 12.1 Å². The van der Waals surface area contributed by atoms with Crippen LogP contribution >= 0.6 is 0 Å². The maximum Gasteiger partial charge on any atom is 0.416 e. The summed E-state index contributed by atoms with van der Waals surface area (Å²) in [7, 11) is 0. The molecule has 0 aliphatic carbocycles. The Morgan fingerprint density at radius 2 is 1.85 bits per heavy atom. The molecule has 2 aromatic rings. The minimum atomic E-state index is -4.36. The Morgan fingerprint density at radius 1 is 1.10 bits per heavy atom. The van der Waals surface area contributed by atoms with E-state index in [2.05, 4.69) is 15.3 Å². The Bertz CT molecular complexity index is 592. The number of benzene rings is 1. The molecule has 0 atom stereocenters. The third-order valence-electron chi connectivity index (χ3n) is 2.49. The van der Waals surface area contributed by atoms with E-state index in [-0.39, 0.29) is 18.3 Å². The van der Waals surface area contributed by atoms with E-state index < -0.39 is 11.7 Å². The van der Waals surface area contributed by atoms with Crippen molar-refractivity contribution in [3.8, 4) is 0 Å². The van der Waals surface area contributed by atoms with Gasteiger partial charge in [-0.15, -0.1) is 0 Å². The summed E-state index contributed by atoms with van der Waals surface area (Å²) in [6.07, 6.45) is -4.36. The molecule has 0 unspecified atom stereocenters. The predicted molar refractivity (Wildman–Crippen MR) is 69.6 cm³/mol. The summed E-state index contributed by atoms with van der Waals surface area (Å²) < 4.78 is 37.7. The number of aromatic nitrogens is 2. The van der Waals surface area contributed by atoms with Gasteiger partial charge < -0.3 is 16.8 Å². The van der Waals surface area contributed by atoms with Crippen LogP contribution in [0.3, 0.4) is 0 Å². The molecule has 0 spiro atoms. The second kappa shape index (κ2) is 5.24. The van der Waals surface area contributed by atoms with Crippen LogP contribution in [0.2, 0.25) is 0 Å². The number of hydrogen-bond acceptors (Lipinski definition) is 5. The Balaban J connectivity index is 2.11. The first kappa shape index (κ1) is 13.9. The first-order valence-corrected chi connectivity index (χ1v) is 5.64. The lowest BCUT2D eigenvalue weighted by Crippen LogP contribution is -2.08. The molecule has 1 heterocycles. The zero-order valence-electron chi connectivity index (χ0n) is 10.3. The molecule has 1 aromatic carbocycles. The summed E-state index contributed by atoms with van der Waals surface area (Å²) in [5.41, 5.74) is 10.7. The Kier molecular flexibility index (Phi) is 3.64. The number of anilines is 3. The largest absolute Gasteiger partial charge is 0.416 e. The average molecular weight is 283 g/mol. The predicted octanol–water partition coefficient (Wildman–Crippen LogP) is 2.27. The molecular weight excluding hydrogens is 271 g/mol. The van der Waals surface area contributed by atoms with E-state index in [0.717, 1.165) is 12.1 Å². The average Bonchev–Trinajstić information content (AvgIpc) is 2.35. The van der Waals surface area contributed by atoms with Gasteiger partial charge in [-0.25, -0.2) is 0 Å². The van der Waals surface area contributed by atoms with Crippen molar-refractivity contribution in [3.63, 3.8) is 0 Å². The summed E-state index contributed by atoms with van der Waals surface area (Å²) in [5, 5.41) is 2.84. The van der Waals surface area contributed by atoms with Crippen molar-refractivity contribution in [2.24, 2.45) is 0 Å². The molecule has 0 aliphatic heterocycles. The number of nitrogens with zero attached hydrogens (tertiary/aromatic N) is 2. The topological polar surface area (TPSA) is 89.8 Å². The second-order valence-corrected chi connectivity index (χ2v) is 4.09. The molecule has 8 heteroatoms. The lowest BCUT2D eigenvalue weighted by molar-refractivity contribution is -0.137. The lowest BCUT2D eigenvalue weighted by atomic mass is 10.1. The fourth-order valence-electron chi connectivity index (χ4n) is 1.63. The van der Waals surface area contributed by atoms with Gasteiger partial charge in [0, 0.05) is 12.6 Å². The van der Waals surface area contributed by atoms with Crippen LogP contribution in [0.4, 0.5) is 30.8 Å². The van der Waals surface area contributed by atoms with E-state index >= 15 is 0 Å². The van der Waals surface area contributed by atoms with Crippen LogP contribution in [0.1, 0.15) is 11.1 Å². The van der Waals surface area contributed by atoms with Crippen molar-refractivity contribution in [1.29, 1.82) is 0 Å². The van der Waals surface area contributed by atoms with Crippen molar-refractivity contribution >= 4 is 17.6 Å². The fourth-order valence-corrected chi connectivity index (χ4v) is 1.63. The van der Waals surface area contributed by atoms with Crippen LogP contribution < -0.4 is 16.8 Å². The molecule has 5 N–H and O–H groups in total. The molecule has 0 fully saturated rings. The van der Waals surface area contributed by atoms with Crippen molar-refractivity contribution in [1.82, 2.24) is 9.97 Å². The zero-order valence-corrected chi connectivity index (χ0v) is 10.3. The highest BCUT2D eigenvalue weighted by Crippen LogP contribution is 2.29. The van der Waals surface area contributed by atoms with Gasteiger partial charge in [-0.05, 0) is 17.7 Å². The normalized spacial score (nSPS) is 11.3. The van der Waals surface area contributed by atoms with Crippen molar-refractivity contribution in [2.45, 2.75) is 12.7 Å². The molecule has 1 aromatic heterocycles. The minimum absolute atomic E-state index is 0.00320. The number of halogens is 3. The monoisotopic (exact) mass is 283 g/mol. The molecule has 0 bridgehead atoms. The highest BCUT2D eigenvalue weighted by molar-refractivity contribution is 5.48. The summed E-state index contributed by atoms with van der Waals surface area (Å²) >= 11 is 0. The summed E-state index contributed by atoms with van der Waals surface area (Å²) in [6.45, 7) is 0.166. The highest BCUT2D eigenvalue weighted by Gasteiger charge is 2.30. The van der Waals surface area contributed by atoms with E-state index in [9.17, 15) is 13.2 Å². The second-order valence-electron chi connectivity index (χ2n) is 4.09.